The zero-order valence-electron chi connectivity index (χ0n) is 17.3. The van der Waals surface area contributed by atoms with Gasteiger partial charge in [0.25, 0.3) is 5.91 Å². The van der Waals surface area contributed by atoms with Gasteiger partial charge in [-0.1, -0.05) is 6.07 Å². The molecule has 0 unspecified atom stereocenters. The third-order valence-corrected chi connectivity index (χ3v) is 5.10. The van der Waals surface area contributed by atoms with Crippen LogP contribution in [0.1, 0.15) is 31.7 Å². The molecule has 1 aliphatic rings. The first kappa shape index (κ1) is 21.6. The molecule has 160 valence electrons. The van der Waals surface area contributed by atoms with Gasteiger partial charge < -0.3 is 19.7 Å². The molecule has 1 heterocycles. The molecular formula is C23H27FN2O4. The van der Waals surface area contributed by atoms with Crippen LogP contribution in [0.15, 0.2) is 42.5 Å². The van der Waals surface area contributed by atoms with Gasteiger partial charge in [-0.05, 0) is 68.1 Å². The second-order valence-electron chi connectivity index (χ2n) is 7.36. The van der Waals surface area contributed by atoms with E-state index >= 15 is 0 Å². The summed E-state index contributed by atoms with van der Waals surface area (Å²) in [5.74, 6) is -1.48. The van der Waals surface area contributed by atoms with Crippen molar-refractivity contribution in [1.82, 2.24) is 0 Å². The fraction of sp³-hybridized carbons (Fsp3) is 0.391. The molecule has 1 saturated heterocycles. The number of hydrogen-bond donors (Lipinski definition) is 1. The Balaban J connectivity index is 1.50. The summed E-state index contributed by atoms with van der Waals surface area (Å²) in [6, 6.07) is 11.9. The Hall–Kier alpha value is -3.09. The van der Waals surface area contributed by atoms with Crippen LogP contribution in [0.3, 0.4) is 0 Å². The molecule has 1 N–H and O–H groups in total. The first-order valence-corrected chi connectivity index (χ1v) is 10.1. The quantitative estimate of drug-likeness (QED) is 0.695. The van der Waals surface area contributed by atoms with E-state index in [2.05, 4.69) is 10.2 Å². The Morgan fingerprint density at radius 1 is 1.10 bits per heavy atom. The van der Waals surface area contributed by atoms with E-state index in [1.165, 1.54) is 45.4 Å². The smallest absolute Gasteiger partial charge is 0.311 e. The molecule has 1 amide bonds. The molecule has 0 spiro atoms. The number of carbonyl (C=O) groups is 2. The number of nitrogens with zero attached hydrogens (tertiary/aromatic N) is 1. The van der Waals surface area contributed by atoms with E-state index in [4.69, 9.17) is 9.47 Å². The molecule has 1 fully saturated rings. The van der Waals surface area contributed by atoms with E-state index in [-0.39, 0.29) is 12.2 Å². The van der Waals surface area contributed by atoms with Crippen LogP contribution in [0, 0.1) is 5.82 Å². The van der Waals surface area contributed by atoms with Gasteiger partial charge in [0.2, 0.25) is 0 Å². The number of nitrogens with one attached hydrogen (secondary N) is 1. The van der Waals surface area contributed by atoms with E-state index in [0.717, 1.165) is 18.8 Å². The summed E-state index contributed by atoms with van der Waals surface area (Å²) < 4.78 is 23.8. The van der Waals surface area contributed by atoms with E-state index in [1.54, 1.807) is 6.07 Å². The maximum Gasteiger partial charge on any atom is 0.311 e. The van der Waals surface area contributed by atoms with Crippen molar-refractivity contribution in [2.24, 2.45) is 0 Å². The summed E-state index contributed by atoms with van der Waals surface area (Å²) >= 11 is 0. The van der Waals surface area contributed by atoms with Crippen molar-refractivity contribution in [2.75, 3.05) is 30.4 Å². The molecule has 1 aliphatic heterocycles. The van der Waals surface area contributed by atoms with Gasteiger partial charge in [0.15, 0.2) is 17.7 Å². The van der Waals surface area contributed by atoms with Gasteiger partial charge in [-0.3, -0.25) is 9.59 Å². The largest absolute Gasteiger partial charge is 0.494 e. The van der Waals surface area contributed by atoms with E-state index in [1.807, 2.05) is 24.3 Å². The Bertz CT molecular complexity index is 879. The van der Waals surface area contributed by atoms with Gasteiger partial charge in [0.1, 0.15) is 0 Å². The minimum Gasteiger partial charge on any atom is -0.494 e. The lowest BCUT2D eigenvalue weighted by atomic mass is 10.1. The predicted octanol–water partition coefficient (Wildman–Crippen LogP) is 3.94. The van der Waals surface area contributed by atoms with Crippen LogP contribution in [0.25, 0.3) is 0 Å². The number of carbonyl (C=O) groups excluding carboxylic acids is 2. The van der Waals surface area contributed by atoms with Crippen molar-refractivity contribution in [3.05, 3.63) is 53.8 Å². The van der Waals surface area contributed by atoms with E-state index < -0.39 is 23.8 Å². The number of hydrogen-bond acceptors (Lipinski definition) is 5. The van der Waals surface area contributed by atoms with Crippen molar-refractivity contribution in [3.63, 3.8) is 0 Å². The fourth-order valence-electron chi connectivity index (χ4n) is 3.43. The summed E-state index contributed by atoms with van der Waals surface area (Å²) in [5, 5.41) is 2.75. The molecule has 2 aromatic rings. The van der Waals surface area contributed by atoms with Crippen LogP contribution in [0.2, 0.25) is 0 Å². The average molecular weight is 414 g/mol. The summed E-state index contributed by atoms with van der Waals surface area (Å²) in [6.07, 6.45) is 2.56. The van der Waals surface area contributed by atoms with Crippen LogP contribution < -0.4 is 15.0 Å². The highest BCUT2D eigenvalue weighted by molar-refractivity contribution is 5.95. The molecule has 0 saturated carbocycles. The molecule has 0 aliphatic carbocycles. The highest BCUT2D eigenvalue weighted by atomic mass is 19.1. The number of ether oxygens (including phenoxy) is 2. The zero-order chi connectivity index (χ0) is 21.5. The third kappa shape index (κ3) is 5.72. The first-order valence-electron chi connectivity index (χ1n) is 10.1. The minimum atomic E-state index is -0.970. The first-order chi connectivity index (χ1) is 14.5. The lowest BCUT2D eigenvalue weighted by Crippen LogP contribution is -2.31. The molecule has 3 rings (SSSR count). The maximum atomic E-state index is 13.7. The monoisotopic (exact) mass is 414 g/mol. The molecule has 7 heteroatoms. The molecule has 30 heavy (non-hydrogen) atoms. The Kier molecular flexibility index (Phi) is 7.27. The number of piperidine rings is 1. The minimum absolute atomic E-state index is 0.103. The fourth-order valence-corrected chi connectivity index (χ4v) is 3.43. The van der Waals surface area contributed by atoms with Gasteiger partial charge in [0, 0.05) is 24.5 Å². The molecule has 0 aromatic heterocycles. The number of methoxy groups -OCH3 is 1. The highest BCUT2D eigenvalue weighted by Gasteiger charge is 2.19. The zero-order valence-corrected chi connectivity index (χ0v) is 17.3. The summed E-state index contributed by atoms with van der Waals surface area (Å²) in [7, 11) is 1.37. The van der Waals surface area contributed by atoms with Gasteiger partial charge in [-0.2, -0.15) is 0 Å². The van der Waals surface area contributed by atoms with Crippen molar-refractivity contribution in [3.8, 4) is 5.75 Å². The predicted molar refractivity (Wildman–Crippen MR) is 113 cm³/mol. The lowest BCUT2D eigenvalue weighted by Gasteiger charge is -2.28. The normalized spacial score (nSPS) is 14.7. The molecule has 1 atom stereocenters. The topological polar surface area (TPSA) is 67.9 Å². The number of anilines is 2. The Morgan fingerprint density at radius 2 is 1.80 bits per heavy atom. The number of halogens is 1. The highest BCUT2D eigenvalue weighted by Crippen LogP contribution is 2.22. The number of esters is 1. The van der Waals surface area contributed by atoms with Crippen LogP contribution >= 0.6 is 0 Å². The van der Waals surface area contributed by atoms with Crippen LogP contribution in [-0.4, -0.2) is 38.2 Å². The van der Waals surface area contributed by atoms with E-state index in [9.17, 15) is 14.0 Å². The summed E-state index contributed by atoms with van der Waals surface area (Å²) in [6.45, 7) is 3.61. The number of amides is 1. The van der Waals surface area contributed by atoms with Gasteiger partial charge in [-0.25, -0.2) is 4.39 Å². The van der Waals surface area contributed by atoms with Crippen molar-refractivity contribution < 1.29 is 23.5 Å². The van der Waals surface area contributed by atoms with Crippen molar-refractivity contribution in [2.45, 2.75) is 38.7 Å². The SMILES string of the molecule is COc1ccc(CC(=O)O[C@@H](C)C(=O)Nc2ccc(N3CCCCC3)cc2)cc1F. The number of benzene rings is 2. The molecule has 0 bridgehead atoms. The second kappa shape index (κ2) is 10.1. The maximum absolute atomic E-state index is 13.7. The van der Waals surface area contributed by atoms with Crippen LogP contribution in [-0.2, 0) is 20.7 Å². The molecule has 2 aromatic carbocycles. The molecule has 0 radical (unpaired) electrons. The second-order valence-corrected chi connectivity index (χ2v) is 7.36. The van der Waals surface area contributed by atoms with Crippen LogP contribution in [0.5, 0.6) is 5.75 Å². The van der Waals surface area contributed by atoms with Gasteiger partial charge in [0.05, 0.1) is 13.5 Å². The number of rotatable bonds is 7. The Morgan fingerprint density at radius 3 is 2.43 bits per heavy atom. The Labute approximate surface area is 176 Å². The van der Waals surface area contributed by atoms with Gasteiger partial charge >= 0.3 is 5.97 Å². The summed E-state index contributed by atoms with van der Waals surface area (Å²) in [4.78, 5) is 26.8. The average Bonchev–Trinajstić information content (AvgIpc) is 2.75. The standard InChI is InChI=1S/C23H27FN2O4/c1-16(30-22(27)15-17-6-11-21(29-2)20(24)14-17)23(28)25-18-7-9-19(10-8-18)26-12-4-3-5-13-26/h6-11,14,16H,3-5,12-13,15H2,1-2H3,(H,25,28)/t16-/m0/s1. The summed E-state index contributed by atoms with van der Waals surface area (Å²) in [5.41, 5.74) is 2.22. The molecule has 6 nitrogen and oxygen atoms in total. The lowest BCUT2D eigenvalue weighted by molar-refractivity contribution is -0.152. The third-order valence-electron chi connectivity index (χ3n) is 5.10. The van der Waals surface area contributed by atoms with Gasteiger partial charge in [-0.15, -0.1) is 0 Å². The van der Waals surface area contributed by atoms with Crippen LogP contribution in [0.4, 0.5) is 15.8 Å². The van der Waals surface area contributed by atoms with E-state index in [0.29, 0.717) is 11.3 Å². The van der Waals surface area contributed by atoms with Crippen molar-refractivity contribution >= 4 is 23.3 Å². The molecular weight excluding hydrogens is 387 g/mol. The van der Waals surface area contributed by atoms with Crippen molar-refractivity contribution in [1.29, 1.82) is 0 Å².